The molecule has 1 fully saturated rings. The molecule has 0 amide bonds. The van der Waals surface area contributed by atoms with E-state index < -0.39 is 6.10 Å². The van der Waals surface area contributed by atoms with Gasteiger partial charge in [-0.3, -0.25) is 0 Å². The summed E-state index contributed by atoms with van der Waals surface area (Å²) < 4.78 is 11.5. The number of aliphatic hydroxyl groups excluding tert-OH is 1. The maximum absolute atomic E-state index is 10.2. The largest absolute Gasteiger partial charge is 0.390 e. The second kappa shape index (κ2) is 9.29. The van der Waals surface area contributed by atoms with Crippen molar-refractivity contribution in [2.24, 2.45) is 11.8 Å². The predicted octanol–water partition coefficient (Wildman–Crippen LogP) is 3.80. The summed E-state index contributed by atoms with van der Waals surface area (Å²) in [6, 6.07) is 10.1. The molecular weight excluding hydrogens is 276 g/mol. The fraction of sp³-hybridized carbons (Fsp3) is 0.684. The third-order valence-electron chi connectivity index (χ3n) is 4.73. The highest BCUT2D eigenvalue weighted by Crippen LogP contribution is 2.25. The van der Waals surface area contributed by atoms with Crippen molar-refractivity contribution in [3.63, 3.8) is 0 Å². The Balaban J connectivity index is 1.63. The second-order valence-electron chi connectivity index (χ2n) is 6.65. The molecule has 1 aromatic rings. The first-order chi connectivity index (χ1) is 10.7. The topological polar surface area (TPSA) is 38.7 Å². The van der Waals surface area contributed by atoms with Crippen molar-refractivity contribution in [3.05, 3.63) is 35.9 Å². The van der Waals surface area contributed by atoms with Crippen LogP contribution in [0.2, 0.25) is 0 Å². The summed E-state index contributed by atoms with van der Waals surface area (Å²) in [6.07, 6.45) is 4.45. The van der Waals surface area contributed by atoms with Gasteiger partial charge in [0.05, 0.1) is 25.4 Å². The molecule has 0 unspecified atom stereocenters. The molecule has 1 aromatic carbocycles. The van der Waals surface area contributed by atoms with Crippen LogP contribution in [0.3, 0.4) is 0 Å². The molecule has 1 N–H and O–H groups in total. The van der Waals surface area contributed by atoms with Crippen LogP contribution in [0.5, 0.6) is 0 Å². The molecule has 0 saturated carbocycles. The van der Waals surface area contributed by atoms with E-state index >= 15 is 0 Å². The summed E-state index contributed by atoms with van der Waals surface area (Å²) in [7, 11) is 0. The molecule has 0 radical (unpaired) electrons. The highest BCUT2D eigenvalue weighted by atomic mass is 16.5. The van der Waals surface area contributed by atoms with Gasteiger partial charge in [0.15, 0.2) is 0 Å². The number of hydrogen-bond donors (Lipinski definition) is 1. The molecule has 2 rings (SSSR count). The Kier molecular flexibility index (Phi) is 7.37. The van der Waals surface area contributed by atoms with Crippen LogP contribution in [-0.2, 0) is 16.1 Å². The van der Waals surface area contributed by atoms with Gasteiger partial charge in [0, 0.05) is 6.61 Å². The summed E-state index contributed by atoms with van der Waals surface area (Å²) in [5.74, 6) is 0.890. The molecule has 0 bridgehead atoms. The van der Waals surface area contributed by atoms with Gasteiger partial charge in [-0.05, 0) is 43.1 Å². The van der Waals surface area contributed by atoms with Crippen LogP contribution in [0.1, 0.15) is 45.1 Å². The van der Waals surface area contributed by atoms with Crippen LogP contribution < -0.4 is 0 Å². The van der Waals surface area contributed by atoms with Crippen LogP contribution in [0.15, 0.2) is 30.3 Å². The van der Waals surface area contributed by atoms with E-state index in [9.17, 15) is 5.11 Å². The SMILES string of the molecule is C[C@@H]1CCCO[C@H]1CC[C@H](C)[C@H](O)COCc1ccccc1. The van der Waals surface area contributed by atoms with Gasteiger partial charge >= 0.3 is 0 Å². The minimum atomic E-state index is -0.400. The summed E-state index contributed by atoms with van der Waals surface area (Å²) in [4.78, 5) is 0. The monoisotopic (exact) mass is 306 g/mol. The summed E-state index contributed by atoms with van der Waals surface area (Å²) in [5, 5.41) is 10.2. The summed E-state index contributed by atoms with van der Waals surface area (Å²) in [6.45, 7) is 6.23. The quantitative estimate of drug-likeness (QED) is 0.794. The molecule has 3 heteroatoms. The highest BCUT2D eigenvalue weighted by Gasteiger charge is 2.24. The van der Waals surface area contributed by atoms with Crippen LogP contribution in [0, 0.1) is 11.8 Å². The summed E-state index contributed by atoms with van der Waals surface area (Å²) >= 11 is 0. The van der Waals surface area contributed by atoms with Crippen LogP contribution in [-0.4, -0.2) is 30.5 Å². The molecule has 0 spiro atoms. The van der Waals surface area contributed by atoms with E-state index in [-0.39, 0.29) is 5.92 Å². The zero-order chi connectivity index (χ0) is 15.8. The maximum Gasteiger partial charge on any atom is 0.0799 e. The Morgan fingerprint density at radius 2 is 2.09 bits per heavy atom. The van der Waals surface area contributed by atoms with Gasteiger partial charge in [0.1, 0.15) is 0 Å². The van der Waals surface area contributed by atoms with Crippen LogP contribution in [0.4, 0.5) is 0 Å². The molecule has 1 heterocycles. The van der Waals surface area contributed by atoms with Gasteiger partial charge in [-0.1, -0.05) is 44.2 Å². The lowest BCUT2D eigenvalue weighted by atomic mass is 9.89. The van der Waals surface area contributed by atoms with Gasteiger partial charge in [-0.25, -0.2) is 0 Å². The van der Waals surface area contributed by atoms with Crippen molar-refractivity contribution >= 4 is 0 Å². The van der Waals surface area contributed by atoms with Crippen molar-refractivity contribution in [3.8, 4) is 0 Å². The lowest BCUT2D eigenvalue weighted by Crippen LogP contribution is -2.30. The van der Waals surface area contributed by atoms with E-state index in [0.717, 1.165) is 25.0 Å². The number of rotatable bonds is 8. The number of ether oxygens (including phenoxy) is 2. The van der Waals surface area contributed by atoms with E-state index in [2.05, 4.69) is 13.8 Å². The van der Waals surface area contributed by atoms with Gasteiger partial charge in [-0.15, -0.1) is 0 Å². The standard InChI is InChI=1S/C19H30O3/c1-15(10-11-19-16(2)7-6-12-22-19)18(20)14-21-13-17-8-4-3-5-9-17/h3-5,8-9,15-16,18-20H,6-7,10-14H2,1-2H3/t15-,16+,18+,19-/m0/s1. The van der Waals surface area contributed by atoms with Crippen molar-refractivity contribution in [1.82, 2.24) is 0 Å². The van der Waals surface area contributed by atoms with Crippen LogP contribution >= 0.6 is 0 Å². The number of hydrogen-bond acceptors (Lipinski definition) is 3. The number of aliphatic hydroxyl groups is 1. The van der Waals surface area contributed by atoms with Crippen molar-refractivity contribution in [1.29, 1.82) is 0 Å². The minimum Gasteiger partial charge on any atom is -0.390 e. The lowest BCUT2D eigenvalue weighted by Gasteiger charge is -2.30. The molecule has 3 nitrogen and oxygen atoms in total. The number of benzene rings is 1. The molecule has 1 aliphatic rings. The molecule has 22 heavy (non-hydrogen) atoms. The van der Waals surface area contributed by atoms with Crippen molar-refractivity contribution < 1.29 is 14.6 Å². The average molecular weight is 306 g/mol. The van der Waals surface area contributed by atoms with Crippen molar-refractivity contribution in [2.45, 2.75) is 58.3 Å². The molecule has 124 valence electrons. The first-order valence-electron chi connectivity index (χ1n) is 8.58. The molecule has 1 aliphatic heterocycles. The molecule has 4 atom stereocenters. The first-order valence-corrected chi connectivity index (χ1v) is 8.58. The van der Waals surface area contributed by atoms with E-state index in [1.165, 1.54) is 12.8 Å². The van der Waals surface area contributed by atoms with Gasteiger partial charge in [0.2, 0.25) is 0 Å². The smallest absolute Gasteiger partial charge is 0.0799 e. The fourth-order valence-corrected chi connectivity index (χ4v) is 3.01. The minimum absolute atomic E-state index is 0.244. The van der Waals surface area contributed by atoms with E-state index in [4.69, 9.17) is 9.47 Å². The van der Waals surface area contributed by atoms with E-state index in [1.54, 1.807) is 0 Å². The Hall–Kier alpha value is -0.900. The maximum atomic E-state index is 10.2. The van der Waals surface area contributed by atoms with Crippen LogP contribution in [0.25, 0.3) is 0 Å². The van der Waals surface area contributed by atoms with Gasteiger partial charge < -0.3 is 14.6 Å². The molecule has 1 saturated heterocycles. The Bertz CT molecular complexity index is 406. The van der Waals surface area contributed by atoms with Gasteiger partial charge in [0.25, 0.3) is 0 Å². The Morgan fingerprint density at radius 3 is 2.82 bits per heavy atom. The second-order valence-corrected chi connectivity index (χ2v) is 6.65. The zero-order valence-electron chi connectivity index (χ0n) is 13.9. The lowest BCUT2D eigenvalue weighted by molar-refractivity contribution is -0.0371. The third kappa shape index (κ3) is 5.71. The Labute approximate surface area is 134 Å². The Morgan fingerprint density at radius 1 is 1.32 bits per heavy atom. The van der Waals surface area contributed by atoms with E-state index in [1.807, 2.05) is 30.3 Å². The molecule has 0 aromatic heterocycles. The summed E-state index contributed by atoms with van der Waals surface area (Å²) in [5.41, 5.74) is 1.15. The van der Waals surface area contributed by atoms with E-state index in [0.29, 0.717) is 25.2 Å². The predicted molar refractivity (Wildman–Crippen MR) is 88.6 cm³/mol. The van der Waals surface area contributed by atoms with Crippen molar-refractivity contribution in [2.75, 3.05) is 13.2 Å². The highest BCUT2D eigenvalue weighted by molar-refractivity contribution is 5.13. The first kappa shape index (κ1) is 17.5. The molecule has 0 aliphatic carbocycles. The third-order valence-corrected chi connectivity index (χ3v) is 4.73. The zero-order valence-corrected chi connectivity index (χ0v) is 13.9. The molecular formula is C19H30O3. The average Bonchev–Trinajstić information content (AvgIpc) is 2.54. The fourth-order valence-electron chi connectivity index (χ4n) is 3.01. The van der Waals surface area contributed by atoms with Gasteiger partial charge in [-0.2, -0.15) is 0 Å². The normalized spacial score (nSPS) is 24.9.